The van der Waals surface area contributed by atoms with Crippen LogP contribution < -0.4 is 10.2 Å². The zero-order valence-electron chi connectivity index (χ0n) is 12.2. The highest BCUT2D eigenvalue weighted by molar-refractivity contribution is 5.43. The Hall–Kier alpha value is -1.09. The fraction of sp³-hybridized carbons (Fsp3) is 0.688. The van der Waals surface area contributed by atoms with E-state index in [1.807, 2.05) is 0 Å². The summed E-state index contributed by atoms with van der Waals surface area (Å²) in [5.41, 5.74) is 2.52. The van der Waals surface area contributed by atoms with Crippen molar-refractivity contribution in [3.05, 3.63) is 23.4 Å². The van der Waals surface area contributed by atoms with Gasteiger partial charge in [0.15, 0.2) is 0 Å². The Morgan fingerprint density at radius 3 is 2.89 bits per heavy atom. The maximum Gasteiger partial charge on any atom is 0.129 e. The molecule has 2 fully saturated rings. The number of piperidine rings is 1. The van der Waals surface area contributed by atoms with Crippen LogP contribution in [0.2, 0.25) is 0 Å². The Morgan fingerprint density at radius 2 is 2.16 bits per heavy atom. The molecule has 0 spiro atoms. The lowest BCUT2D eigenvalue weighted by Gasteiger charge is -2.32. The van der Waals surface area contributed by atoms with E-state index < -0.39 is 0 Å². The number of rotatable bonds is 4. The van der Waals surface area contributed by atoms with Crippen molar-refractivity contribution >= 4 is 5.82 Å². The van der Waals surface area contributed by atoms with E-state index in [-0.39, 0.29) is 0 Å². The number of nitrogens with zero attached hydrogens (tertiary/aromatic N) is 2. The van der Waals surface area contributed by atoms with Crippen molar-refractivity contribution in [1.82, 2.24) is 10.3 Å². The molecule has 1 aliphatic carbocycles. The van der Waals surface area contributed by atoms with Crippen LogP contribution in [0.4, 0.5) is 5.82 Å². The van der Waals surface area contributed by atoms with E-state index in [0.29, 0.717) is 0 Å². The summed E-state index contributed by atoms with van der Waals surface area (Å²) in [6.07, 6.45) is 5.35. The lowest BCUT2D eigenvalue weighted by atomic mass is 10.0. The molecule has 3 rings (SSSR count). The summed E-state index contributed by atoms with van der Waals surface area (Å²) in [7, 11) is 0. The van der Waals surface area contributed by atoms with E-state index in [1.165, 1.54) is 37.1 Å². The van der Waals surface area contributed by atoms with E-state index in [0.717, 1.165) is 37.3 Å². The number of nitrogens with one attached hydrogen (secondary N) is 1. The van der Waals surface area contributed by atoms with Crippen molar-refractivity contribution in [3.63, 3.8) is 0 Å². The van der Waals surface area contributed by atoms with Crippen molar-refractivity contribution in [1.29, 1.82) is 0 Å². The van der Waals surface area contributed by atoms with Crippen LogP contribution in [-0.2, 0) is 6.54 Å². The smallest absolute Gasteiger partial charge is 0.129 e. The number of hydrogen-bond donors (Lipinski definition) is 1. The van der Waals surface area contributed by atoms with E-state index in [2.05, 4.69) is 36.2 Å². The molecule has 1 aromatic rings. The molecule has 1 saturated heterocycles. The first-order valence-electron chi connectivity index (χ1n) is 7.66. The summed E-state index contributed by atoms with van der Waals surface area (Å²) >= 11 is 0. The zero-order valence-corrected chi connectivity index (χ0v) is 12.2. The summed E-state index contributed by atoms with van der Waals surface area (Å²) in [6.45, 7) is 7.77. The molecule has 1 unspecified atom stereocenters. The molecule has 0 radical (unpaired) electrons. The van der Waals surface area contributed by atoms with Crippen LogP contribution in [-0.4, -0.2) is 24.1 Å². The number of anilines is 1. The summed E-state index contributed by atoms with van der Waals surface area (Å²) < 4.78 is 0. The predicted octanol–water partition coefficient (Wildman–Crippen LogP) is 2.88. The first-order chi connectivity index (χ1) is 9.20. The minimum atomic E-state index is 0.770. The van der Waals surface area contributed by atoms with Crippen LogP contribution in [0, 0.1) is 12.8 Å². The second kappa shape index (κ2) is 5.49. The molecule has 0 amide bonds. The molecule has 1 aliphatic heterocycles. The van der Waals surface area contributed by atoms with Gasteiger partial charge < -0.3 is 10.2 Å². The highest BCUT2D eigenvalue weighted by Crippen LogP contribution is 2.24. The van der Waals surface area contributed by atoms with Gasteiger partial charge in [-0.3, -0.25) is 0 Å². The van der Waals surface area contributed by atoms with E-state index in [1.54, 1.807) is 0 Å². The van der Waals surface area contributed by atoms with Crippen molar-refractivity contribution in [2.45, 2.75) is 52.1 Å². The van der Waals surface area contributed by atoms with Gasteiger partial charge in [-0.1, -0.05) is 6.92 Å². The second-order valence-electron chi connectivity index (χ2n) is 6.32. The Morgan fingerprint density at radius 1 is 1.32 bits per heavy atom. The molecule has 1 saturated carbocycles. The van der Waals surface area contributed by atoms with Crippen LogP contribution in [0.5, 0.6) is 0 Å². The Kier molecular flexibility index (Phi) is 3.74. The molecule has 3 nitrogen and oxygen atoms in total. The normalized spacial score (nSPS) is 23.7. The fourth-order valence-electron chi connectivity index (χ4n) is 2.93. The lowest BCUT2D eigenvalue weighted by Crippen LogP contribution is -2.35. The SMILES string of the molecule is Cc1cc(CNC2CC2)cc(N2CCCC(C)C2)n1. The van der Waals surface area contributed by atoms with Crippen LogP contribution >= 0.6 is 0 Å². The van der Waals surface area contributed by atoms with Crippen LogP contribution in [0.1, 0.15) is 43.9 Å². The van der Waals surface area contributed by atoms with Crippen molar-refractivity contribution in [3.8, 4) is 0 Å². The highest BCUT2D eigenvalue weighted by Gasteiger charge is 2.21. The van der Waals surface area contributed by atoms with Gasteiger partial charge in [0, 0.05) is 31.4 Å². The third kappa shape index (κ3) is 3.47. The van der Waals surface area contributed by atoms with Gasteiger partial charge in [0.2, 0.25) is 0 Å². The quantitative estimate of drug-likeness (QED) is 0.901. The molecule has 1 atom stereocenters. The van der Waals surface area contributed by atoms with E-state index in [9.17, 15) is 0 Å². The molecule has 3 heteroatoms. The molecule has 104 valence electrons. The van der Waals surface area contributed by atoms with Crippen LogP contribution in [0.25, 0.3) is 0 Å². The lowest BCUT2D eigenvalue weighted by molar-refractivity contribution is 0.444. The van der Waals surface area contributed by atoms with Crippen molar-refractivity contribution in [2.24, 2.45) is 5.92 Å². The van der Waals surface area contributed by atoms with Crippen molar-refractivity contribution < 1.29 is 0 Å². The van der Waals surface area contributed by atoms with Crippen LogP contribution in [0.15, 0.2) is 12.1 Å². The molecule has 0 aromatic carbocycles. The third-order valence-electron chi connectivity index (χ3n) is 4.15. The van der Waals surface area contributed by atoms with Crippen molar-refractivity contribution in [2.75, 3.05) is 18.0 Å². The molecule has 2 aliphatic rings. The summed E-state index contributed by atoms with van der Waals surface area (Å²) in [5.74, 6) is 1.98. The standard InChI is InChI=1S/C16H25N3/c1-12-4-3-7-19(11-12)16-9-14(8-13(2)18-16)10-17-15-5-6-15/h8-9,12,15,17H,3-7,10-11H2,1-2H3. The molecule has 19 heavy (non-hydrogen) atoms. The van der Waals surface area contributed by atoms with E-state index >= 15 is 0 Å². The Labute approximate surface area is 116 Å². The van der Waals surface area contributed by atoms with Crippen LogP contribution in [0.3, 0.4) is 0 Å². The Bertz CT molecular complexity index is 440. The van der Waals surface area contributed by atoms with Gasteiger partial charge in [0.1, 0.15) is 5.82 Å². The molecular formula is C16H25N3. The maximum absolute atomic E-state index is 4.73. The van der Waals surface area contributed by atoms with Gasteiger partial charge in [-0.2, -0.15) is 0 Å². The van der Waals surface area contributed by atoms with Gasteiger partial charge in [-0.05, 0) is 56.2 Å². The minimum Gasteiger partial charge on any atom is -0.356 e. The second-order valence-corrected chi connectivity index (χ2v) is 6.32. The summed E-state index contributed by atoms with van der Waals surface area (Å²) in [6, 6.07) is 5.26. The fourth-order valence-corrected chi connectivity index (χ4v) is 2.93. The largest absolute Gasteiger partial charge is 0.356 e. The number of hydrogen-bond acceptors (Lipinski definition) is 3. The van der Waals surface area contributed by atoms with Gasteiger partial charge in [0.25, 0.3) is 0 Å². The first kappa shape index (κ1) is 12.9. The highest BCUT2D eigenvalue weighted by atomic mass is 15.2. The van der Waals surface area contributed by atoms with Gasteiger partial charge in [0.05, 0.1) is 0 Å². The van der Waals surface area contributed by atoms with Gasteiger partial charge in [-0.25, -0.2) is 4.98 Å². The van der Waals surface area contributed by atoms with E-state index in [4.69, 9.17) is 4.98 Å². The first-order valence-corrected chi connectivity index (χ1v) is 7.66. The number of aryl methyl sites for hydroxylation is 1. The molecule has 1 N–H and O–H groups in total. The maximum atomic E-state index is 4.73. The predicted molar refractivity (Wildman–Crippen MR) is 79.4 cm³/mol. The molecule has 2 heterocycles. The zero-order chi connectivity index (χ0) is 13.2. The van der Waals surface area contributed by atoms with Gasteiger partial charge >= 0.3 is 0 Å². The number of aromatic nitrogens is 1. The molecule has 0 bridgehead atoms. The molecular weight excluding hydrogens is 234 g/mol. The topological polar surface area (TPSA) is 28.2 Å². The average molecular weight is 259 g/mol. The minimum absolute atomic E-state index is 0.770. The molecule has 1 aromatic heterocycles. The van der Waals surface area contributed by atoms with Gasteiger partial charge in [-0.15, -0.1) is 0 Å². The summed E-state index contributed by atoms with van der Waals surface area (Å²) in [5, 5.41) is 3.59. The average Bonchev–Trinajstić information content (AvgIpc) is 3.20. The monoisotopic (exact) mass is 259 g/mol. The third-order valence-corrected chi connectivity index (χ3v) is 4.15. The summed E-state index contributed by atoms with van der Waals surface area (Å²) in [4.78, 5) is 7.19. The Balaban J connectivity index is 1.72. The number of pyridine rings is 1.